The van der Waals surface area contributed by atoms with Gasteiger partial charge in [-0.25, -0.2) is 0 Å². The van der Waals surface area contributed by atoms with E-state index < -0.39 is 0 Å². The lowest BCUT2D eigenvalue weighted by Crippen LogP contribution is -2.42. The molecule has 0 aromatic heterocycles. The number of likely N-dealkylation sites (N-methyl/N-ethyl adjacent to an activating group) is 1. The van der Waals surface area contributed by atoms with E-state index >= 15 is 0 Å². The first-order valence-corrected chi connectivity index (χ1v) is 7.16. The molecule has 2 heteroatoms. The molecule has 1 saturated carbocycles. The predicted octanol–water partition coefficient (Wildman–Crippen LogP) is 2.69. The normalized spacial score (nSPS) is 18.9. The van der Waals surface area contributed by atoms with Crippen LogP contribution in [-0.4, -0.2) is 36.6 Å². The van der Waals surface area contributed by atoms with Gasteiger partial charge in [-0.3, -0.25) is 4.90 Å². The quantitative estimate of drug-likeness (QED) is 0.796. The van der Waals surface area contributed by atoms with Crippen molar-refractivity contribution < 1.29 is 0 Å². The van der Waals surface area contributed by atoms with Crippen molar-refractivity contribution in [1.82, 2.24) is 10.2 Å². The average molecular weight is 246 g/mol. The molecule has 0 aliphatic heterocycles. The molecular weight excluding hydrogens is 220 g/mol. The van der Waals surface area contributed by atoms with Crippen LogP contribution in [0.25, 0.3) is 0 Å². The van der Waals surface area contributed by atoms with Crippen LogP contribution in [0.4, 0.5) is 0 Å². The van der Waals surface area contributed by atoms with Crippen LogP contribution in [0.2, 0.25) is 0 Å². The summed E-state index contributed by atoms with van der Waals surface area (Å²) in [5.41, 5.74) is 1.42. The first-order chi connectivity index (χ1) is 8.66. The molecule has 1 fully saturated rings. The second kappa shape index (κ2) is 6.35. The zero-order chi connectivity index (χ0) is 13.0. The van der Waals surface area contributed by atoms with Gasteiger partial charge < -0.3 is 5.32 Å². The lowest BCUT2D eigenvalue weighted by molar-refractivity contribution is 0.236. The third kappa shape index (κ3) is 4.11. The smallest absolute Gasteiger partial charge is 0.0192 e. The third-order valence-corrected chi connectivity index (χ3v) is 3.96. The van der Waals surface area contributed by atoms with E-state index in [0.717, 1.165) is 19.0 Å². The van der Waals surface area contributed by atoms with Gasteiger partial charge >= 0.3 is 0 Å². The van der Waals surface area contributed by atoms with Gasteiger partial charge in [0.05, 0.1) is 0 Å². The van der Waals surface area contributed by atoms with Gasteiger partial charge in [-0.15, -0.1) is 0 Å². The SMILES string of the molecule is CC(Cc1ccccc1)NCC(C)N(C)C1CC1. The predicted molar refractivity (Wildman–Crippen MR) is 77.9 cm³/mol. The molecule has 1 aliphatic carbocycles. The lowest BCUT2D eigenvalue weighted by Gasteiger charge is -2.26. The van der Waals surface area contributed by atoms with Crippen molar-refractivity contribution in [2.75, 3.05) is 13.6 Å². The van der Waals surface area contributed by atoms with Crippen LogP contribution in [0.1, 0.15) is 32.3 Å². The van der Waals surface area contributed by atoms with Crippen molar-refractivity contribution in [1.29, 1.82) is 0 Å². The van der Waals surface area contributed by atoms with Crippen LogP contribution in [0, 0.1) is 0 Å². The molecule has 0 radical (unpaired) electrons. The zero-order valence-corrected chi connectivity index (χ0v) is 11.9. The highest BCUT2D eigenvalue weighted by Gasteiger charge is 2.28. The number of benzene rings is 1. The van der Waals surface area contributed by atoms with Crippen LogP contribution in [-0.2, 0) is 6.42 Å². The van der Waals surface area contributed by atoms with Crippen LogP contribution < -0.4 is 5.32 Å². The maximum atomic E-state index is 3.65. The Morgan fingerprint density at radius 2 is 1.89 bits per heavy atom. The number of nitrogens with one attached hydrogen (secondary N) is 1. The van der Waals surface area contributed by atoms with E-state index in [0.29, 0.717) is 12.1 Å². The Morgan fingerprint density at radius 1 is 1.22 bits per heavy atom. The maximum absolute atomic E-state index is 3.65. The average Bonchev–Trinajstić information content (AvgIpc) is 3.20. The summed E-state index contributed by atoms with van der Waals surface area (Å²) in [5, 5.41) is 3.65. The Balaban J connectivity index is 1.69. The molecule has 1 N–H and O–H groups in total. The second-order valence-corrected chi connectivity index (χ2v) is 5.74. The Morgan fingerprint density at radius 3 is 2.50 bits per heavy atom. The third-order valence-electron chi connectivity index (χ3n) is 3.96. The van der Waals surface area contributed by atoms with Gasteiger partial charge in [0.15, 0.2) is 0 Å². The summed E-state index contributed by atoms with van der Waals surface area (Å²) in [6.07, 6.45) is 3.89. The number of hydrogen-bond donors (Lipinski definition) is 1. The first-order valence-electron chi connectivity index (χ1n) is 7.16. The summed E-state index contributed by atoms with van der Waals surface area (Å²) >= 11 is 0. The minimum absolute atomic E-state index is 0.544. The molecule has 2 rings (SSSR count). The second-order valence-electron chi connectivity index (χ2n) is 5.74. The number of nitrogens with zero attached hydrogens (tertiary/aromatic N) is 1. The minimum Gasteiger partial charge on any atom is -0.312 e. The molecule has 2 unspecified atom stereocenters. The molecule has 2 atom stereocenters. The van der Waals surface area contributed by atoms with Crippen molar-refractivity contribution in [2.24, 2.45) is 0 Å². The molecule has 0 heterocycles. The minimum atomic E-state index is 0.544. The summed E-state index contributed by atoms with van der Waals surface area (Å²) in [5.74, 6) is 0. The van der Waals surface area contributed by atoms with Crippen LogP contribution >= 0.6 is 0 Å². The van der Waals surface area contributed by atoms with E-state index in [2.05, 4.69) is 61.4 Å². The lowest BCUT2D eigenvalue weighted by atomic mass is 10.1. The van der Waals surface area contributed by atoms with E-state index in [4.69, 9.17) is 0 Å². The fourth-order valence-corrected chi connectivity index (χ4v) is 2.40. The van der Waals surface area contributed by atoms with Gasteiger partial charge in [0.25, 0.3) is 0 Å². The van der Waals surface area contributed by atoms with Crippen molar-refractivity contribution in [2.45, 2.75) is 51.2 Å². The van der Waals surface area contributed by atoms with Crippen LogP contribution in [0.3, 0.4) is 0 Å². The van der Waals surface area contributed by atoms with Crippen molar-refractivity contribution >= 4 is 0 Å². The Kier molecular flexibility index (Phi) is 4.79. The van der Waals surface area contributed by atoms with Gasteiger partial charge in [-0.05, 0) is 45.7 Å². The summed E-state index contributed by atoms with van der Waals surface area (Å²) in [6, 6.07) is 12.8. The van der Waals surface area contributed by atoms with E-state index in [9.17, 15) is 0 Å². The fraction of sp³-hybridized carbons (Fsp3) is 0.625. The molecule has 2 nitrogen and oxygen atoms in total. The highest BCUT2D eigenvalue weighted by Crippen LogP contribution is 2.26. The molecule has 0 amide bonds. The van der Waals surface area contributed by atoms with Gasteiger partial charge in [0.2, 0.25) is 0 Å². The van der Waals surface area contributed by atoms with Gasteiger partial charge in [0.1, 0.15) is 0 Å². The van der Waals surface area contributed by atoms with Crippen LogP contribution in [0.15, 0.2) is 30.3 Å². The Labute approximate surface area is 111 Å². The highest BCUT2D eigenvalue weighted by atomic mass is 15.2. The molecule has 1 aliphatic rings. The highest BCUT2D eigenvalue weighted by molar-refractivity contribution is 5.15. The van der Waals surface area contributed by atoms with E-state index in [1.165, 1.54) is 18.4 Å². The van der Waals surface area contributed by atoms with Crippen molar-refractivity contribution in [3.8, 4) is 0 Å². The molecule has 0 bridgehead atoms. The standard InChI is InChI=1S/C16H26N2/c1-13(11-15-7-5-4-6-8-15)17-12-14(2)18(3)16-9-10-16/h4-8,13-14,16-17H,9-12H2,1-3H3. The topological polar surface area (TPSA) is 15.3 Å². The van der Waals surface area contributed by atoms with E-state index in [1.54, 1.807) is 0 Å². The van der Waals surface area contributed by atoms with Gasteiger partial charge in [0, 0.05) is 24.7 Å². The fourth-order valence-electron chi connectivity index (χ4n) is 2.40. The summed E-state index contributed by atoms with van der Waals surface area (Å²) in [4.78, 5) is 2.52. The molecule has 100 valence electrons. The molecule has 1 aromatic rings. The van der Waals surface area contributed by atoms with Crippen molar-refractivity contribution in [3.05, 3.63) is 35.9 Å². The Hall–Kier alpha value is -0.860. The first kappa shape index (κ1) is 13.6. The largest absolute Gasteiger partial charge is 0.312 e. The Bertz CT molecular complexity index is 345. The number of rotatable bonds is 7. The molecular formula is C16H26N2. The van der Waals surface area contributed by atoms with Crippen molar-refractivity contribution in [3.63, 3.8) is 0 Å². The molecule has 1 aromatic carbocycles. The van der Waals surface area contributed by atoms with Gasteiger partial charge in [-0.1, -0.05) is 30.3 Å². The molecule has 18 heavy (non-hydrogen) atoms. The van der Waals surface area contributed by atoms with E-state index in [-0.39, 0.29) is 0 Å². The molecule has 0 saturated heterocycles. The van der Waals surface area contributed by atoms with Gasteiger partial charge in [-0.2, -0.15) is 0 Å². The van der Waals surface area contributed by atoms with Crippen LogP contribution in [0.5, 0.6) is 0 Å². The maximum Gasteiger partial charge on any atom is 0.0192 e. The summed E-state index contributed by atoms with van der Waals surface area (Å²) in [7, 11) is 2.26. The molecule has 0 spiro atoms. The summed E-state index contributed by atoms with van der Waals surface area (Å²) < 4.78 is 0. The summed E-state index contributed by atoms with van der Waals surface area (Å²) in [6.45, 7) is 5.68. The van der Waals surface area contributed by atoms with E-state index in [1.807, 2.05) is 0 Å². The monoisotopic (exact) mass is 246 g/mol. The number of hydrogen-bond acceptors (Lipinski definition) is 2. The zero-order valence-electron chi connectivity index (χ0n) is 11.9.